The van der Waals surface area contributed by atoms with E-state index in [1.807, 2.05) is 0 Å². The number of hydrogen-bond acceptors (Lipinski definition) is 5. The van der Waals surface area contributed by atoms with Gasteiger partial charge in [-0.3, -0.25) is 19.3 Å². The minimum atomic E-state index is -0.910. The first kappa shape index (κ1) is 21.3. The summed E-state index contributed by atoms with van der Waals surface area (Å²) in [6.45, 7) is 0.264. The molecule has 29 heavy (non-hydrogen) atoms. The van der Waals surface area contributed by atoms with E-state index in [4.69, 9.17) is 28.9 Å². The van der Waals surface area contributed by atoms with Crippen molar-refractivity contribution < 1.29 is 19.5 Å². The van der Waals surface area contributed by atoms with E-state index in [1.165, 1.54) is 16.7 Å². The molecule has 1 amide bonds. The molecular formula is C20H17ClN2O4S2. The number of rotatable bonds is 7. The van der Waals surface area contributed by atoms with Crippen LogP contribution in [0.4, 0.5) is 0 Å². The Balaban J connectivity index is 1.79. The summed E-state index contributed by atoms with van der Waals surface area (Å²) in [6, 6.07) is 8.44. The van der Waals surface area contributed by atoms with Gasteiger partial charge in [-0.25, -0.2) is 0 Å². The van der Waals surface area contributed by atoms with Crippen molar-refractivity contribution in [3.63, 3.8) is 0 Å². The number of ketones is 1. The highest BCUT2D eigenvalue weighted by Crippen LogP contribution is 2.33. The second-order valence-electron chi connectivity index (χ2n) is 6.43. The molecule has 2 heterocycles. The fourth-order valence-corrected chi connectivity index (χ4v) is 4.34. The lowest BCUT2D eigenvalue weighted by atomic mass is 10.1. The second kappa shape index (κ2) is 8.94. The molecule has 0 atom stereocenters. The number of hydrogen-bond donors (Lipinski definition) is 1. The zero-order valence-electron chi connectivity index (χ0n) is 15.4. The van der Waals surface area contributed by atoms with E-state index in [-0.39, 0.29) is 24.7 Å². The largest absolute Gasteiger partial charge is 0.481 e. The van der Waals surface area contributed by atoms with Gasteiger partial charge in [0, 0.05) is 48.1 Å². The lowest BCUT2D eigenvalue weighted by Gasteiger charge is -2.13. The summed E-state index contributed by atoms with van der Waals surface area (Å²) in [6.07, 6.45) is 3.69. The highest BCUT2D eigenvalue weighted by Gasteiger charge is 2.32. The number of carbonyl (C=O) groups excluding carboxylic acids is 2. The van der Waals surface area contributed by atoms with E-state index >= 15 is 0 Å². The Labute approximate surface area is 182 Å². The van der Waals surface area contributed by atoms with E-state index in [9.17, 15) is 14.4 Å². The number of carboxylic acid groups (broad SMARTS) is 1. The molecule has 6 nitrogen and oxygen atoms in total. The van der Waals surface area contributed by atoms with Crippen LogP contribution < -0.4 is 0 Å². The number of aliphatic carboxylic acids is 1. The van der Waals surface area contributed by atoms with Crippen molar-refractivity contribution in [1.82, 2.24) is 9.47 Å². The van der Waals surface area contributed by atoms with E-state index < -0.39 is 5.97 Å². The van der Waals surface area contributed by atoms with Crippen LogP contribution in [0.1, 0.15) is 34.5 Å². The first-order valence-corrected chi connectivity index (χ1v) is 10.3. The summed E-state index contributed by atoms with van der Waals surface area (Å²) in [5, 5.41) is 9.24. The molecule has 1 aliphatic rings. The normalized spacial score (nSPS) is 15.4. The van der Waals surface area contributed by atoms with Crippen LogP contribution in [0.25, 0.3) is 6.08 Å². The van der Waals surface area contributed by atoms with Gasteiger partial charge >= 0.3 is 5.97 Å². The molecule has 1 saturated heterocycles. The molecule has 0 saturated carbocycles. The maximum absolute atomic E-state index is 12.7. The highest BCUT2D eigenvalue weighted by molar-refractivity contribution is 8.26. The summed E-state index contributed by atoms with van der Waals surface area (Å²) < 4.78 is 2.16. The van der Waals surface area contributed by atoms with Gasteiger partial charge in [-0.15, -0.1) is 0 Å². The van der Waals surface area contributed by atoms with Gasteiger partial charge in [0.25, 0.3) is 5.91 Å². The number of aromatic nitrogens is 1. The zero-order chi connectivity index (χ0) is 21.1. The molecule has 9 heteroatoms. The molecule has 150 valence electrons. The van der Waals surface area contributed by atoms with Crippen LogP contribution >= 0.6 is 35.6 Å². The smallest absolute Gasteiger partial charge is 0.303 e. The van der Waals surface area contributed by atoms with Gasteiger partial charge in [0.1, 0.15) is 4.32 Å². The van der Waals surface area contributed by atoms with Crippen molar-refractivity contribution >= 4 is 63.6 Å². The molecule has 1 aromatic heterocycles. The van der Waals surface area contributed by atoms with Crippen LogP contribution in [0.3, 0.4) is 0 Å². The monoisotopic (exact) mass is 448 g/mol. The van der Waals surface area contributed by atoms with Gasteiger partial charge in [-0.05, 0) is 30.7 Å². The van der Waals surface area contributed by atoms with Crippen LogP contribution in [-0.2, 0) is 16.6 Å². The van der Waals surface area contributed by atoms with E-state index in [2.05, 4.69) is 0 Å². The van der Waals surface area contributed by atoms with Crippen LogP contribution in [-0.4, -0.2) is 43.1 Å². The van der Waals surface area contributed by atoms with Crippen molar-refractivity contribution in [2.45, 2.75) is 12.8 Å². The van der Waals surface area contributed by atoms with Crippen LogP contribution in [0.2, 0.25) is 5.02 Å². The average molecular weight is 449 g/mol. The minimum absolute atomic E-state index is 0.0249. The van der Waals surface area contributed by atoms with Crippen LogP contribution in [0, 0.1) is 0 Å². The van der Waals surface area contributed by atoms with Gasteiger partial charge in [-0.1, -0.05) is 47.7 Å². The molecule has 2 aromatic rings. The minimum Gasteiger partial charge on any atom is -0.481 e. The number of carbonyl (C=O) groups is 3. The Hall–Kier alpha value is -2.42. The number of benzene rings is 1. The predicted octanol–water partition coefficient (Wildman–Crippen LogP) is 3.98. The van der Waals surface area contributed by atoms with Gasteiger partial charge in [0.15, 0.2) is 5.78 Å². The first-order valence-electron chi connectivity index (χ1n) is 8.70. The molecule has 1 aromatic carbocycles. The fourth-order valence-electron chi connectivity index (χ4n) is 2.86. The molecule has 1 fully saturated rings. The van der Waals surface area contributed by atoms with Crippen molar-refractivity contribution in [3.8, 4) is 0 Å². The molecule has 1 N–H and O–H groups in total. The molecule has 1 aliphatic heterocycles. The van der Waals surface area contributed by atoms with E-state index in [1.54, 1.807) is 54.2 Å². The lowest BCUT2D eigenvalue weighted by Crippen LogP contribution is -2.29. The maximum atomic E-state index is 12.7. The third kappa shape index (κ3) is 4.95. The standard InChI is InChI=1S/C20H17ClN2O4S2/c1-22-11-13(18(26)12-4-2-5-14(21)8-12)9-15(22)10-16-19(27)23(20(28)29-16)7-3-6-17(24)25/h2,4-5,8-11H,3,6-7H2,1H3,(H,24,25). The van der Waals surface area contributed by atoms with Crippen molar-refractivity contribution in [2.75, 3.05) is 6.54 Å². The lowest BCUT2D eigenvalue weighted by molar-refractivity contribution is -0.137. The van der Waals surface area contributed by atoms with E-state index in [0.717, 1.165) is 0 Å². The summed E-state index contributed by atoms with van der Waals surface area (Å²) >= 11 is 12.4. The summed E-state index contributed by atoms with van der Waals surface area (Å²) in [4.78, 5) is 37.8. The number of aryl methyl sites for hydroxylation is 1. The molecule has 0 bridgehead atoms. The van der Waals surface area contributed by atoms with Gasteiger partial charge in [0.2, 0.25) is 0 Å². The average Bonchev–Trinajstić information content (AvgIpc) is 3.15. The Morgan fingerprint density at radius 1 is 1.28 bits per heavy atom. The molecule has 3 rings (SSSR count). The van der Waals surface area contributed by atoms with Crippen molar-refractivity contribution in [3.05, 3.63) is 63.3 Å². The van der Waals surface area contributed by atoms with E-state index in [0.29, 0.717) is 37.5 Å². The Bertz CT molecular complexity index is 1040. The number of nitrogens with zero attached hydrogens (tertiary/aromatic N) is 2. The Morgan fingerprint density at radius 3 is 2.72 bits per heavy atom. The first-order chi connectivity index (χ1) is 13.8. The number of amides is 1. The molecule has 0 unspecified atom stereocenters. The third-order valence-electron chi connectivity index (χ3n) is 4.32. The predicted molar refractivity (Wildman–Crippen MR) is 117 cm³/mol. The number of carboxylic acids is 1. The van der Waals surface area contributed by atoms with Gasteiger partial charge in [0.05, 0.1) is 4.91 Å². The summed E-state index contributed by atoms with van der Waals surface area (Å²) in [5.41, 5.74) is 1.65. The van der Waals surface area contributed by atoms with Crippen LogP contribution in [0.5, 0.6) is 0 Å². The van der Waals surface area contributed by atoms with Gasteiger partial charge < -0.3 is 9.67 Å². The molecule has 0 aliphatic carbocycles. The highest BCUT2D eigenvalue weighted by atomic mass is 35.5. The zero-order valence-corrected chi connectivity index (χ0v) is 17.8. The second-order valence-corrected chi connectivity index (χ2v) is 8.55. The Morgan fingerprint density at radius 2 is 2.03 bits per heavy atom. The number of thiocarbonyl (C=S) groups is 1. The quantitative estimate of drug-likeness (QED) is 0.392. The molecule has 0 spiro atoms. The van der Waals surface area contributed by atoms with Crippen molar-refractivity contribution in [2.24, 2.45) is 7.05 Å². The number of halogens is 1. The fraction of sp³-hybridized carbons (Fsp3) is 0.200. The van der Waals surface area contributed by atoms with Crippen LogP contribution in [0.15, 0.2) is 41.4 Å². The number of thioether (sulfide) groups is 1. The molecule has 0 radical (unpaired) electrons. The van der Waals surface area contributed by atoms with Crippen molar-refractivity contribution in [1.29, 1.82) is 0 Å². The topological polar surface area (TPSA) is 79.6 Å². The maximum Gasteiger partial charge on any atom is 0.303 e. The Kier molecular flexibility index (Phi) is 6.56. The molecular weight excluding hydrogens is 432 g/mol. The van der Waals surface area contributed by atoms with Gasteiger partial charge in [-0.2, -0.15) is 0 Å². The summed E-state index contributed by atoms with van der Waals surface area (Å²) in [5.74, 6) is -1.33. The third-order valence-corrected chi connectivity index (χ3v) is 5.93. The SMILES string of the molecule is Cn1cc(C(=O)c2cccc(Cl)c2)cc1C=C1SC(=S)N(CCCC(=O)O)C1=O. The summed E-state index contributed by atoms with van der Waals surface area (Å²) in [7, 11) is 1.79.